The first-order valence-electron chi connectivity index (χ1n) is 13.8. The number of rotatable bonds is 8. The predicted octanol–water partition coefficient (Wildman–Crippen LogP) is 7.37. The summed E-state index contributed by atoms with van der Waals surface area (Å²) in [5, 5.41) is 5.39. The molecule has 1 saturated heterocycles. The van der Waals surface area contributed by atoms with E-state index in [1.54, 1.807) is 11.9 Å². The number of nitrogens with zero attached hydrogens (tertiary/aromatic N) is 4. The van der Waals surface area contributed by atoms with Gasteiger partial charge in [-0.3, -0.25) is 4.68 Å². The largest absolute Gasteiger partial charge is 0.355 e. The van der Waals surface area contributed by atoms with Gasteiger partial charge in [-0.05, 0) is 85.4 Å². The molecule has 2 aliphatic rings. The van der Waals surface area contributed by atoms with E-state index in [1.165, 1.54) is 33.7 Å². The van der Waals surface area contributed by atoms with Crippen LogP contribution in [0, 0.1) is 19.3 Å². The fraction of sp³-hybridized carbons (Fsp3) is 0.333. The van der Waals surface area contributed by atoms with Crippen molar-refractivity contribution in [1.82, 2.24) is 19.4 Å². The van der Waals surface area contributed by atoms with Crippen molar-refractivity contribution < 1.29 is 0 Å². The highest BCUT2D eigenvalue weighted by Gasteiger charge is 2.37. The Morgan fingerprint density at radius 2 is 2.00 bits per heavy atom. The zero-order chi connectivity index (χ0) is 27.4. The number of fused-ring (bicyclic) bond motifs is 2. The summed E-state index contributed by atoms with van der Waals surface area (Å²) in [5.41, 5.74) is 11.0. The minimum Gasteiger partial charge on any atom is -0.355 e. The van der Waals surface area contributed by atoms with Crippen LogP contribution in [-0.2, 0) is 7.05 Å². The average molecular weight is 536 g/mol. The molecule has 2 aromatic carbocycles. The Bertz CT molecular complexity index is 1510. The molecule has 5 rings (SSSR count). The van der Waals surface area contributed by atoms with E-state index in [2.05, 4.69) is 82.8 Å². The van der Waals surface area contributed by atoms with Gasteiger partial charge < -0.3 is 9.62 Å². The zero-order valence-electron chi connectivity index (χ0n) is 23.4. The van der Waals surface area contributed by atoms with E-state index < -0.39 is 0 Å². The molecule has 1 atom stereocenters. The fourth-order valence-electron chi connectivity index (χ4n) is 5.60. The van der Waals surface area contributed by atoms with E-state index in [4.69, 9.17) is 6.42 Å². The number of allylic oxidation sites excluding steroid dienone is 3. The summed E-state index contributed by atoms with van der Waals surface area (Å²) >= 11 is 1.79. The van der Waals surface area contributed by atoms with Crippen LogP contribution in [0.3, 0.4) is 0 Å². The van der Waals surface area contributed by atoms with Crippen LogP contribution < -0.4 is 4.72 Å². The van der Waals surface area contributed by atoms with E-state index in [0.29, 0.717) is 11.8 Å². The highest BCUT2D eigenvalue weighted by atomic mass is 32.2. The number of hydrogen-bond donors (Lipinski definition) is 1. The summed E-state index contributed by atoms with van der Waals surface area (Å²) in [7, 11) is 1.94. The molecular weight excluding hydrogens is 498 g/mol. The maximum atomic E-state index is 5.86. The number of benzene rings is 2. The molecular formula is C33H37N5S. The highest BCUT2D eigenvalue weighted by molar-refractivity contribution is 7.97. The smallest absolute Gasteiger partial charge is 0.120 e. The van der Waals surface area contributed by atoms with Crippen LogP contribution in [0.2, 0.25) is 0 Å². The Hall–Kier alpha value is -3.69. The SMILES string of the molecule is C#C/C(=N\C=C/CC1C/C(=C(/CCC)c2ccc(C)cc2)C2=C(CC)NSCN21)c1ccc2c(cnn2C)c1. The minimum atomic E-state index is 0.399. The molecule has 1 unspecified atom stereocenters. The third-order valence-corrected chi connectivity index (χ3v) is 8.43. The second-order valence-electron chi connectivity index (χ2n) is 10.2. The first kappa shape index (κ1) is 26.9. The van der Waals surface area contributed by atoms with E-state index >= 15 is 0 Å². The Morgan fingerprint density at radius 1 is 1.21 bits per heavy atom. The Morgan fingerprint density at radius 3 is 2.74 bits per heavy atom. The lowest BCUT2D eigenvalue weighted by Crippen LogP contribution is -2.34. The second kappa shape index (κ2) is 12.0. The molecule has 0 amide bonds. The highest BCUT2D eigenvalue weighted by Crippen LogP contribution is 2.44. The molecule has 200 valence electrons. The standard InChI is InChI=1S/C33H37N5S/c1-6-10-28(24-14-12-23(4)13-15-24)29-20-27(38-22-39-36-31(8-3)33(29)38)11-9-18-34-30(7-2)25-16-17-32-26(19-25)21-35-37(32)5/h2,9,12-19,21,27,36H,6,8,10-11,20,22H2,1,3-5H3/b18-9-,29-28+,34-30+. The first-order chi connectivity index (χ1) is 19.0. The molecule has 3 heterocycles. The van der Waals surface area contributed by atoms with E-state index in [-0.39, 0.29) is 0 Å². The van der Waals surface area contributed by atoms with Crippen LogP contribution >= 0.6 is 11.9 Å². The zero-order valence-corrected chi connectivity index (χ0v) is 24.2. The molecule has 39 heavy (non-hydrogen) atoms. The summed E-state index contributed by atoms with van der Waals surface area (Å²) in [6.45, 7) is 6.68. The van der Waals surface area contributed by atoms with Crippen LogP contribution in [0.1, 0.15) is 62.6 Å². The first-order valence-corrected chi connectivity index (χ1v) is 14.8. The molecule has 1 fully saturated rings. The Kier molecular flexibility index (Phi) is 8.28. The number of nitrogens with one attached hydrogen (secondary N) is 1. The molecule has 1 N–H and O–H groups in total. The van der Waals surface area contributed by atoms with Gasteiger partial charge in [0, 0.05) is 35.9 Å². The van der Waals surface area contributed by atoms with Gasteiger partial charge >= 0.3 is 0 Å². The van der Waals surface area contributed by atoms with Gasteiger partial charge in [0.25, 0.3) is 0 Å². The van der Waals surface area contributed by atoms with Crippen molar-refractivity contribution in [3.63, 3.8) is 0 Å². The maximum absolute atomic E-state index is 5.86. The molecule has 0 spiro atoms. The number of aromatic nitrogens is 2. The van der Waals surface area contributed by atoms with E-state index in [9.17, 15) is 0 Å². The minimum absolute atomic E-state index is 0.399. The Balaban J connectivity index is 1.42. The predicted molar refractivity (Wildman–Crippen MR) is 166 cm³/mol. The summed E-state index contributed by atoms with van der Waals surface area (Å²) in [4.78, 5) is 7.28. The summed E-state index contributed by atoms with van der Waals surface area (Å²) in [6, 6.07) is 15.6. The third-order valence-electron chi connectivity index (χ3n) is 7.63. The number of aryl methyl sites for hydroxylation is 2. The fourth-order valence-corrected chi connectivity index (χ4v) is 6.56. The molecule has 3 aromatic rings. The van der Waals surface area contributed by atoms with Gasteiger partial charge in [0.2, 0.25) is 0 Å². The van der Waals surface area contributed by atoms with Crippen molar-refractivity contribution >= 4 is 34.1 Å². The lowest BCUT2D eigenvalue weighted by molar-refractivity contribution is 0.333. The lowest BCUT2D eigenvalue weighted by Gasteiger charge is -2.33. The quantitative estimate of drug-likeness (QED) is 0.186. The van der Waals surface area contributed by atoms with Gasteiger partial charge in [-0.2, -0.15) is 5.10 Å². The van der Waals surface area contributed by atoms with Gasteiger partial charge in [0.1, 0.15) is 5.71 Å². The van der Waals surface area contributed by atoms with Crippen molar-refractivity contribution in [3.8, 4) is 12.3 Å². The van der Waals surface area contributed by atoms with Crippen LogP contribution in [0.25, 0.3) is 16.5 Å². The number of aliphatic imine (C=N–C) groups is 1. The Labute approximate surface area is 236 Å². The maximum Gasteiger partial charge on any atom is 0.120 e. The summed E-state index contributed by atoms with van der Waals surface area (Å²) < 4.78 is 5.49. The lowest BCUT2D eigenvalue weighted by atomic mass is 9.91. The van der Waals surface area contributed by atoms with Gasteiger partial charge in [-0.15, -0.1) is 6.42 Å². The van der Waals surface area contributed by atoms with Gasteiger partial charge in [-0.1, -0.05) is 56.2 Å². The normalized spacial score (nSPS) is 19.0. The summed E-state index contributed by atoms with van der Waals surface area (Å²) in [5.74, 6) is 3.71. The van der Waals surface area contributed by atoms with Crippen LogP contribution in [-0.4, -0.2) is 32.3 Å². The van der Waals surface area contributed by atoms with Gasteiger partial charge in [0.15, 0.2) is 0 Å². The molecule has 2 aliphatic heterocycles. The van der Waals surface area contributed by atoms with E-state index in [1.807, 2.05) is 36.3 Å². The molecule has 1 aromatic heterocycles. The third kappa shape index (κ3) is 5.55. The molecule has 6 heteroatoms. The molecule has 5 nitrogen and oxygen atoms in total. The second-order valence-corrected chi connectivity index (χ2v) is 11.0. The number of terminal acetylenes is 1. The van der Waals surface area contributed by atoms with Crippen molar-refractivity contribution in [2.45, 2.75) is 58.9 Å². The molecule has 0 saturated carbocycles. The van der Waals surface area contributed by atoms with Crippen molar-refractivity contribution in [2.24, 2.45) is 12.0 Å². The van der Waals surface area contributed by atoms with E-state index in [0.717, 1.165) is 54.4 Å². The van der Waals surface area contributed by atoms with Gasteiger partial charge in [0.05, 0.1) is 23.3 Å². The van der Waals surface area contributed by atoms with Crippen molar-refractivity contribution in [3.05, 3.63) is 94.6 Å². The summed E-state index contributed by atoms with van der Waals surface area (Å²) in [6.07, 6.45) is 16.9. The monoisotopic (exact) mass is 535 g/mol. The molecule has 0 bridgehead atoms. The average Bonchev–Trinajstić information content (AvgIpc) is 3.52. The van der Waals surface area contributed by atoms with Crippen molar-refractivity contribution in [1.29, 1.82) is 0 Å². The van der Waals surface area contributed by atoms with Crippen LogP contribution in [0.5, 0.6) is 0 Å². The van der Waals surface area contributed by atoms with Crippen molar-refractivity contribution in [2.75, 3.05) is 5.88 Å². The number of hydrogen-bond acceptors (Lipinski definition) is 5. The molecule has 0 aliphatic carbocycles. The topological polar surface area (TPSA) is 45.5 Å². The molecule has 0 radical (unpaired) electrons. The van der Waals surface area contributed by atoms with Gasteiger partial charge in [-0.25, -0.2) is 4.99 Å². The van der Waals surface area contributed by atoms with Crippen LogP contribution in [0.15, 0.2) is 82.9 Å². The van der Waals surface area contributed by atoms with Crippen LogP contribution in [0.4, 0.5) is 0 Å².